The Bertz CT molecular complexity index is 401. The molecule has 0 spiro atoms. The van der Waals surface area contributed by atoms with E-state index in [-0.39, 0.29) is 12.3 Å². The van der Waals surface area contributed by atoms with Crippen molar-refractivity contribution < 1.29 is 9.47 Å². The van der Waals surface area contributed by atoms with E-state index < -0.39 is 0 Å². The molecule has 0 saturated carbocycles. The van der Waals surface area contributed by atoms with Crippen LogP contribution < -0.4 is 11.3 Å². The molecule has 0 heterocycles. The summed E-state index contributed by atoms with van der Waals surface area (Å²) in [6.45, 7) is 11.4. The number of rotatable bonds is 7. The third-order valence-electron chi connectivity index (χ3n) is 3.33. The van der Waals surface area contributed by atoms with Gasteiger partial charge in [-0.05, 0) is 56.9 Å². The van der Waals surface area contributed by atoms with Crippen molar-refractivity contribution in [1.29, 1.82) is 0 Å². The first-order valence-corrected chi connectivity index (χ1v) is 6.82. The molecule has 0 fully saturated rings. The second-order valence-electron chi connectivity index (χ2n) is 4.72. The summed E-state index contributed by atoms with van der Waals surface area (Å²) in [5.41, 5.74) is 7.66. The lowest BCUT2D eigenvalue weighted by Gasteiger charge is -2.28. The van der Waals surface area contributed by atoms with Gasteiger partial charge in [-0.25, -0.2) is 5.43 Å². The summed E-state index contributed by atoms with van der Waals surface area (Å²) in [6.07, 6.45) is -0.374. The normalized spacial score (nSPS) is 13.0. The lowest BCUT2D eigenvalue weighted by molar-refractivity contribution is -0.155. The average Bonchev–Trinajstić information content (AvgIpc) is 2.37. The van der Waals surface area contributed by atoms with Crippen molar-refractivity contribution in [2.24, 2.45) is 5.84 Å². The first kappa shape index (κ1) is 16.1. The fraction of sp³-hybridized carbons (Fsp3) is 0.600. The van der Waals surface area contributed by atoms with Gasteiger partial charge in [0.2, 0.25) is 0 Å². The fourth-order valence-corrected chi connectivity index (χ4v) is 2.20. The van der Waals surface area contributed by atoms with E-state index in [4.69, 9.17) is 15.3 Å². The number of hydrogen-bond acceptors (Lipinski definition) is 4. The molecule has 4 heteroatoms. The van der Waals surface area contributed by atoms with Gasteiger partial charge in [0.15, 0.2) is 6.29 Å². The van der Waals surface area contributed by atoms with E-state index in [1.165, 1.54) is 16.7 Å². The zero-order chi connectivity index (χ0) is 14.4. The van der Waals surface area contributed by atoms with Crippen molar-refractivity contribution >= 4 is 0 Å². The van der Waals surface area contributed by atoms with Crippen molar-refractivity contribution in [3.05, 3.63) is 34.4 Å². The molecule has 4 nitrogen and oxygen atoms in total. The summed E-state index contributed by atoms with van der Waals surface area (Å²) in [5.74, 6) is 5.71. The number of aryl methyl sites for hydroxylation is 3. The highest BCUT2D eigenvalue weighted by atomic mass is 16.7. The van der Waals surface area contributed by atoms with Gasteiger partial charge in [0.1, 0.15) is 0 Å². The minimum atomic E-state index is -0.374. The molecule has 0 aliphatic carbocycles. The van der Waals surface area contributed by atoms with Crippen LogP contribution in [-0.2, 0) is 9.47 Å². The van der Waals surface area contributed by atoms with Crippen LogP contribution in [-0.4, -0.2) is 19.5 Å². The molecule has 1 aromatic carbocycles. The highest BCUT2D eigenvalue weighted by Gasteiger charge is 2.24. The maximum atomic E-state index is 5.71. The SMILES string of the molecule is CCOC(OCC)C(NN)c1cc(C)c(C)cc1C. The quantitative estimate of drug-likeness (QED) is 0.452. The lowest BCUT2D eigenvalue weighted by Crippen LogP contribution is -2.40. The molecular formula is C15H26N2O2. The molecule has 108 valence electrons. The maximum Gasteiger partial charge on any atom is 0.178 e. The van der Waals surface area contributed by atoms with E-state index in [9.17, 15) is 0 Å². The van der Waals surface area contributed by atoms with E-state index in [0.29, 0.717) is 13.2 Å². The molecule has 0 aliphatic heterocycles. The van der Waals surface area contributed by atoms with Crippen LogP contribution in [0.1, 0.15) is 42.1 Å². The van der Waals surface area contributed by atoms with Crippen LogP contribution >= 0.6 is 0 Å². The molecule has 0 saturated heterocycles. The van der Waals surface area contributed by atoms with Gasteiger partial charge in [-0.3, -0.25) is 5.84 Å². The van der Waals surface area contributed by atoms with E-state index in [1.54, 1.807) is 0 Å². The largest absolute Gasteiger partial charge is 0.351 e. The van der Waals surface area contributed by atoms with Crippen molar-refractivity contribution in [3.63, 3.8) is 0 Å². The average molecular weight is 266 g/mol. The zero-order valence-corrected chi connectivity index (χ0v) is 12.6. The van der Waals surface area contributed by atoms with Gasteiger partial charge in [-0.15, -0.1) is 0 Å². The van der Waals surface area contributed by atoms with Gasteiger partial charge >= 0.3 is 0 Å². The van der Waals surface area contributed by atoms with Gasteiger partial charge in [-0.2, -0.15) is 0 Å². The molecule has 0 amide bonds. The smallest absolute Gasteiger partial charge is 0.178 e. The standard InChI is InChI=1S/C15H26N2O2/c1-6-18-15(19-7-2)14(17-16)13-9-11(4)10(3)8-12(13)5/h8-9,14-15,17H,6-7,16H2,1-5H3. The first-order chi connectivity index (χ1) is 9.04. The molecule has 19 heavy (non-hydrogen) atoms. The van der Waals surface area contributed by atoms with Crippen molar-refractivity contribution in [3.8, 4) is 0 Å². The van der Waals surface area contributed by atoms with Crippen LogP contribution in [0.15, 0.2) is 12.1 Å². The second kappa shape index (κ2) is 7.60. The number of hydrogen-bond donors (Lipinski definition) is 2. The lowest BCUT2D eigenvalue weighted by atomic mass is 9.95. The van der Waals surface area contributed by atoms with Gasteiger partial charge in [-0.1, -0.05) is 12.1 Å². The Balaban J connectivity index is 3.10. The molecule has 0 aliphatic rings. The third-order valence-corrected chi connectivity index (χ3v) is 3.33. The van der Waals surface area contributed by atoms with Gasteiger partial charge in [0.05, 0.1) is 6.04 Å². The maximum absolute atomic E-state index is 5.71. The summed E-state index contributed by atoms with van der Waals surface area (Å²) in [5, 5.41) is 0. The van der Waals surface area contributed by atoms with Crippen LogP contribution in [0.25, 0.3) is 0 Å². The number of hydrazine groups is 1. The minimum Gasteiger partial charge on any atom is -0.351 e. The van der Waals surface area contributed by atoms with Gasteiger partial charge in [0.25, 0.3) is 0 Å². The molecule has 1 unspecified atom stereocenters. The van der Waals surface area contributed by atoms with Crippen molar-refractivity contribution in [1.82, 2.24) is 5.43 Å². The molecular weight excluding hydrogens is 240 g/mol. The van der Waals surface area contributed by atoms with Gasteiger partial charge in [0, 0.05) is 13.2 Å². The Kier molecular flexibility index (Phi) is 6.45. The summed E-state index contributed by atoms with van der Waals surface area (Å²) in [7, 11) is 0. The van der Waals surface area contributed by atoms with Crippen molar-refractivity contribution in [2.45, 2.75) is 47.0 Å². The molecule has 1 aromatic rings. The molecule has 0 bridgehead atoms. The Morgan fingerprint density at radius 3 is 2.00 bits per heavy atom. The van der Waals surface area contributed by atoms with E-state index in [1.807, 2.05) is 13.8 Å². The number of nitrogens with one attached hydrogen (secondary N) is 1. The van der Waals surface area contributed by atoms with E-state index in [2.05, 4.69) is 38.3 Å². The Morgan fingerprint density at radius 1 is 1.00 bits per heavy atom. The van der Waals surface area contributed by atoms with Crippen LogP contribution in [0.5, 0.6) is 0 Å². The zero-order valence-electron chi connectivity index (χ0n) is 12.6. The molecule has 1 rings (SSSR count). The molecule has 1 atom stereocenters. The summed E-state index contributed by atoms with van der Waals surface area (Å²) < 4.78 is 11.3. The summed E-state index contributed by atoms with van der Waals surface area (Å²) in [6, 6.07) is 4.16. The monoisotopic (exact) mass is 266 g/mol. The van der Waals surface area contributed by atoms with Crippen LogP contribution in [0, 0.1) is 20.8 Å². The highest BCUT2D eigenvalue weighted by molar-refractivity contribution is 5.38. The van der Waals surface area contributed by atoms with Crippen LogP contribution in [0.3, 0.4) is 0 Å². The fourth-order valence-electron chi connectivity index (χ4n) is 2.20. The first-order valence-electron chi connectivity index (χ1n) is 6.82. The predicted molar refractivity (Wildman–Crippen MR) is 77.8 cm³/mol. The van der Waals surface area contributed by atoms with E-state index in [0.717, 1.165) is 5.56 Å². The van der Waals surface area contributed by atoms with Crippen LogP contribution in [0.2, 0.25) is 0 Å². The summed E-state index contributed by atoms with van der Waals surface area (Å²) >= 11 is 0. The third kappa shape index (κ3) is 4.01. The number of nitrogens with two attached hydrogens (primary N) is 1. The van der Waals surface area contributed by atoms with E-state index >= 15 is 0 Å². The second-order valence-corrected chi connectivity index (χ2v) is 4.72. The Hall–Kier alpha value is -0.940. The number of ether oxygens (including phenoxy) is 2. The molecule has 3 N–H and O–H groups in total. The number of benzene rings is 1. The Morgan fingerprint density at radius 2 is 1.53 bits per heavy atom. The summed E-state index contributed by atoms with van der Waals surface area (Å²) in [4.78, 5) is 0. The van der Waals surface area contributed by atoms with Gasteiger partial charge < -0.3 is 9.47 Å². The molecule has 0 radical (unpaired) electrons. The topological polar surface area (TPSA) is 56.5 Å². The predicted octanol–water partition coefficient (Wildman–Crippen LogP) is 2.52. The van der Waals surface area contributed by atoms with Crippen LogP contribution in [0.4, 0.5) is 0 Å². The molecule has 0 aromatic heterocycles. The Labute approximate surface area is 116 Å². The van der Waals surface area contributed by atoms with Crippen molar-refractivity contribution in [2.75, 3.05) is 13.2 Å². The minimum absolute atomic E-state index is 0.167. The highest BCUT2D eigenvalue weighted by Crippen LogP contribution is 2.25.